The number of nitrogens with zero attached hydrogens (tertiary/aromatic N) is 2. The van der Waals surface area contributed by atoms with Crippen LogP contribution in [0.4, 0.5) is 8.78 Å². The summed E-state index contributed by atoms with van der Waals surface area (Å²) in [4.78, 5) is 1.68. The van der Waals surface area contributed by atoms with Gasteiger partial charge in [0.05, 0.1) is 6.04 Å². The molecule has 0 saturated carbocycles. The SMILES string of the molecule is Cn1cccc1C(CNS(=O)(=O)c1ccc(F)cc1F)N1CCCC1. The Morgan fingerprint density at radius 2 is 1.92 bits per heavy atom. The fraction of sp³-hybridized carbons (Fsp3) is 0.412. The van der Waals surface area contributed by atoms with E-state index in [1.807, 2.05) is 29.9 Å². The van der Waals surface area contributed by atoms with Crippen LogP contribution in [0.2, 0.25) is 0 Å². The lowest BCUT2D eigenvalue weighted by atomic mass is 10.2. The third kappa shape index (κ3) is 3.91. The average Bonchev–Trinajstić information content (AvgIpc) is 3.20. The summed E-state index contributed by atoms with van der Waals surface area (Å²) >= 11 is 0. The van der Waals surface area contributed by atoms with E-state index >= 15 is 0 Å². The van der Waals surface area contributed by atoms with Gasteiger partial charge in [-0.1, -0.05) is 0 Å². The van der Waals surface area contributed by atoms with E-state index in [-0.39, 0.29) is 12.6 Å². The number of halogens is 2. The maximum atomic E-state index is 13.8. The van der Waals surface area contributed by atoms with Crippen molar-refractivity contribution in [3.05, 3.63) is 53.9 Å². The van der Waals surface area contributed by atoms with Crippen LogP contribution in [0.1, 0.15) is 24.6 Å². The molecule has 2 aromatic rings. The van der Waals surface area contributed by atoms with Crippen LogP contribution in [0.15, 0.2) is 41.4 Å². The van der Waals surface area contributed by atoms with Gasteiger partial charge in [-0.25, -0.2) is 21.9 Å². The number of rotatable bonds is 6. The minimum Gasteiger partial charge on any atom is -0.353 e. The van der Waals surface area contributed by atoms with Gasteiger partial charge in [-0.3, -0.25) is 4.90 Å². The van der Waals surface area contributed by atoms with Crippen molar-refractivity contribution in [2.45, 2.75) is 23.8 Å². The van der Waals surface area contributed by atoms with Gasteiger partial charge in [0.15, 0.2) is 0 Å². The Morgan fingerprint density at radius 3 is 2.52 bits per heavy atom. The monoisotopic (exact) mass is 369 g/mol. The summed E-state index contributed by atoms with van der Waals surface area (Å²) in [6.07, 6.45) is 4.05. The summed E-state index contributed by atoms with van der Waals surface area (Å²) < 4.78 is 56.2. The van der Waals surface area contributed by atoms with E-state index in [0.717, 1.165) is 43.8 Å². The van der Waals surface area contributed by atoms with Crippen molar-refractivity contribution in [1.82, 2.24) is 14.2 Å². The molecule has 0 aliphatic carbocycles. The fourth-order valence-corrected chi connectivity index (χ4v) is 4.35. The molecule has 8 heteroatoms. The normalized spacial score (nSPS) is 17.1. The molecule has 3 rings (SSSR count). The van der Waals surface area contributed by atoms with Gasteiger partial charge in [-0.05, 0) is 50.2 Å². The number of likely N-dealkylation sites (tertiary alicyclic amines) is 1. The highest BCUT2D eigenvalue weighted by molar-refractivity contribution is 7.89. The molecular weight excluding hydrogens is 348 g/mol. The molecule has 25 heavy (non-hydrogen) atoms. The molecule has 1 N–H and O–H groups in total. The van der Waals surface area contributed by atoms with E-state index in [1.54, 1.807) is 0 Å². The molecule has 2 heterocycles. The van der Waals surface area contributed by atoms with Crippen molar-refractivity contribution in [2.75, 3.05) is 19.6 Å². The van der Waals surface area contributed by atoms with Crippen molar-refractivity contribution < 1.29 is 17.2 Å². The lowest BCUT2D eigenvalue weighted by molar-refractivity contribution is 0.238. The van der Waals surface area contributed by atoms with Gasteiger partial charge in [-0.15, -0.1) is 0 Å². The smallest absolute Gasteiger partial charge is 0.243 e. The number of aryl methyl sites for hydroxylation is 1. The van der Waals surface area contributed by atoms with Gasteiger partial charge in [0.2, 0.25) is 10.0 Å². The first-order chi connectivity index (χ1) is 11.9. The van der Waals surface area contributed by atoms with Gasteiger partial charge >= 0.3 is 0 Å². The molecule has 0 radical (unpaired) electrons. The predicted molar refractivity (Wildman–Crippen MR) is 90.5 cm³/mol. The standard InChI is InChI=1S/C17H21F2N3O2S/c1-21-8-4-5-15(21)16(22-9-2-3-10-22)12-20-25(23,24)17-7-6-13(18)11-14(17)19/h4-8,11,16,20H,2-3,9-10,12H2,1H3. The summed E-state index contributed by atoms with van der Waals surface area (Å²) in [5.41, 5.74) is 0.990. The van der Waals surface area contributed by atoms with Crippen LogP contribution in [0.3, 0.4) is 0 Å². The molecule has 0 amide bonds. The van der Waals surface area contributed by atoms with Crippen LogP contribution in [-0.2, 0) is 17.1 Å². The quantitative estimate of drug-likeness (QED) is 0.851. The third-order valence-electron chi connectivity index (χ3n) is 4.56. The Morgan fingerprint density at radius 1 is 1.20 bits per heavy atom. The van der Waals surface area contributed by atoms with E-state index in [0.29, 0.717) is 6.07 Å². The largest absolute Gasteiger partial charge is 0.353 e. The Kier molecular flexibility index (Phi) is 5.21. The minimum absolute atomic E-state index is 0.122. The Hall–Kier alpha value is -1.77. The van der Waals surface area contributed by atoms with Gasteiger partial charge < -0.3 is 4.57 Å². The van der Waals surface area contributed by atoms with E-state index in [4.69, 9.17) is 0 Å². The summed E-state index contributed by atoms with van der Waals surface area (Å²) in [5, 5.41) is 0. The maximum Gasteiger partial charge on any atom is 0.243 e. The van der Waals surface area contributed by atoms with Crippen molar-refractivity contribution in [1.29, 1.82) is 0 Å². The van der Waals surface area contributed by atoms with E-state index in [9.17, 15) is 17.2 Å². The zero-order chi connectivity index (χ0) is 18.0. The van der Waals surface area contributed by atoms with Crippen LogP contribution in [0.5, 0.6) is 0 Å². The summed E-state index contributed by atoms with van der Waals surface area (Å²) in [6, 6.07) is 6.18. The number of nitrogens with one attached hydrogen (secondary N) is 1. The van der Waals surface area contributed by atoms with Crippen LogP contribution >= 0.6 is 0 Å². The van der Waals surface area contributed by atoms with Crippen molar-refractivity contribution in [2.24, 2.45) is 7.05 Å². The number of sulfonamides is 1. The van der Waals surface area contributed by atoms with E-state index in [1.165, 1.54) is 0 Å². The zero-order valence-electron chi connectivity index (χ0n) is 14.0. The molecule has 1 unspecified atom stereocenters. The van der Waals surface area contributed by atoms with Crippen molar-refractivity contribution in [3.63, 3.8) is 0 Å². The first-order valence-electron chi connectivity index (χ1n) is 8.18. The maximum absolute atomic E-state index is 13.8. The second-order valence-corrected chi connectivity index (χ2v) is 7.96. The molecule has 5 nitrogen and oxygen atoms in total. The lowest BCUT2D eigenvalue weighted by Crippen LogP contribution is -2.37. The number of aromatic nitrogens is 1. The molecule has 1 aromatic heterocycles. The molecule has 1 aliphatic rings. The second-order valence-electron chi connectivity index (χ2n) is 6.23. The van der Waals surface area contributed by atoms with Crippen molar-refractivity contribution >= 4 is 10.0 Å². The van der Waals surface area contributed by atoms with Gasteiger partial charge in [-0.2, -0.15) is 0 Å². The average molecular weight is 369 g/mol. The highest BCUT2D eigenvalue weighted by atomic mass is 32.2. The number of benzene rings is 1. The van der Waals surface area contributed by atoms with Crippen LogP contribution < -0.4 is 4.72 Å². The van der Waals surface area contributed by atoms with Crippen LogP contribution in [0.25, 0.3) is 0 Å². The Balaban J connectivity index is 1.81. The molecule has 1 aliphatic heterocycles. The lowest BCUT2D eigenvalue weighted by Gasteiger charge is -2.28. The Bertz CT molecular complexity index is 845. The second kappa shape index (κ2) is 7.23. The van der Waals surface area contributed by atoms with E-state index in [2.05, 4.69) is 9.62 Å². The minimum atomic E-state index is -4.06. The fourth-order valence-electron chi connectivity index (χ4n) is 3.25. The summed E-state index contributed by atoms with van der Waals surface area (Å²) in [5.74, 6) is -1.90. The van der Waals surface area contributed by atoms with Gasteiger partial charge in [0.25, 0.3) is 0 Å². The predicted octanol–water partition coefficient (Wildman–Crippen LogP) is 2.42. The summed E-state index contributed by atoms with van der Waals surface area (Å²) in [6.45, 7) is 1.90. The number of hydrogen-bond acceptors (Lipinski definition) is 3. The van der Waals surface area contributed by atoms with Crippen molar-refractivity contribution in [3.8, 4) is 0 Å². The first kappa shape index (κ1) is 18.0. The third-order valence-corrected chi connectivity index (χ3v) is 6.01. The molecule has 0 spiro atoms. The van der Waals surface area contributed by atoms with Gasteiger partial charge in [0.1, 0.15) is 16.5 Å². The number of hydrogen-bond donors (Lipinski definition) is 1. The molecule has 1 aromatic carbocycles. The first-order valence-corrected chi connectivity index (χ1v) is 9.67. The highest BCUT2D eigenvalue weighted by Gasteiger charge is 2.28. The molecule has 0 bridgehead atoms. The Labute approximate surface area is 146 Å². The molecule has 1 fully saturated rings. The molecule has 136 valence electrons. The molecule has 1 atom stereocenters. The van der Waals surface area contributed by atoms with Crippen LogP contribution in [-0.4, -0.2) is 37.5 Å². The topological polar surface area (TPSA) is 54.3 Å². The highest BCUT2D eigenvalue weighted by Crippen LogP contribution is 2.25. The van der Waals surface area contributed by atoms with Gasteiger partial charge in [0, 0.05) is 31.5 Å². The molecular formula is C17H21F2N3O2S. The summed E-state index contributed by atoms with van der Waals surface area (Å²) in [7, 11) is -2.15. The van der Waals surface area contributed by atoms with Crippen LogP contribution in [0, 0.1) is 11.6 Å². The van der Waals surface area contributed by atoms with E-state index < -0.39 is 26.6 Å². The zero-order valence-corrected chi connectivity index (χ0v) is 14.8. The molecule has 1 saturated heterocycles.